The van der Waals surface area contributed by atoms with Gasteiger partial charge in [0.2, 0.25) is 0 Å². The average Bonchev–Trinajstić information content (AvgIpc) is 2.37. The first kappa shape index (κ1) is 12.5. The van der Waals surface area contributed by atoms with Gasteiger partial charge in [0.05, 0.1) is 18.4 Å². The maximum atomic E-state index is 5.93. The molecule has 0 bridgehead atoms. The molecule has 0 aromatic carbocycles. The first-order valence-electron chi connectivity index (χ1n) is 6.49. The van der Waals surface area contributed by atoms with Crippen molar-refractivity contribution in [1.29, 1.82) is 0 Å². The van der Waals surface area contributed by atoms with Crippen molar-refractivity contribution in [3.05, 3.63) is 29.6 Å². The highest BCUT2D eigenvalue weighted by molar-refractivity contribution is 5.08. The molecule has 1 aromatic rings. The highest BCUT2D eigenvalue weighted by atomic mass is 16.5. The Bertz CT molecular complexity index is 346. The van der Waals surface area contributed by atoms with E-state index in [4.69, 9.17) is 4.74 Å². The van der Waals surface area contributed by atoms with Crippen LogP contribution in [-0.4, -0.2) is 24.2 Å². The first-order chi connectivity index (χ1) is 8.28. The van der Waals surface area contributed by atoms with Crippen molar-refractivity contribution < 1.29 is 4.74 Å². The third-order valence-electron chi connectivity index (χ3n) is 3.50. The number of hydrogen-bond acceptors (Lipinski definition) is 3. The Labute approximate surface area is 104 Å². The molecule has 0 spiro atoms. The van der Waals surface area contributed by atoms with E-state index in [0.717, 1.165) is 24.2 Å². The van der Waals surface area contributed by atoms with Gasteiger partial charge in [-0.2, -0.15) is 0 Å². The van der Waals surface area contributed by atoms with Crippen LogP contribution in [0.25, 0.3) is 0 Å². The second-order valence-electron chi connectivity index (χ2n) is 4.84. The molecule has 0 amide bonds. The number of ether oxygens (including phenoxy) is 1. The second-order valence-corrected chi connectivity index (χ2v) is 4.84. The fourth-order valence-corrected chi connectivity index (χ4v) is 2.40. The average molecular weight is 234 g/mol. The molecule has 1 heterocycles. The Hall–Kier alpha value is -0.930. The molecule has 0 radical (unpaired) electrons. The molecule has 1 aliphatic carbocycles. The number of aryl methyl sites for hydroxylation is 1. The van der Waals surface area contributed by atoms with Crippen LogP contribution in [0.3, 0.4) is 0 Å². The summed E-state index contributed by atoms with van der Waals surface area (Å²) in [6.45, 7) is 2.66. The van der Waals surface area contributed by atoms with E-state index in [2.05, 4.69) is 10.3 Å². The van der Waals surface area contributed by atoms with Gasteiger partial charge in [-0.3, -0.25) is 4.98 Å². The van der Waals surface area contributed by atoms with E-state index in [9.17, 15) is 0 Å². The lowest BCUT2D eigenvalue weighted by atomic mass is 9.93. The van der Waals surface area contributed by atoms with E-state index >= 15 is 0 Å². The highest BCUT2D eigenvalue weighted by Gasteiger charge is 2.20. The molecule has 1 N–H and O–H groups in total. The van der Waals surface area contributed by atoms with Gasteiger partial charge in [-0.1, -0.05) is 6.07 Å². The molecule has 1 aromatic heterocycles. The van der Waals surface area contributed by atoms with Crippen molar-refractivity contribution in [2.75, 3.05) is 7.05 Å². The van der Waals surface area contributed by atoms with Crippen LogP contribution in [0.5, 0.6) is 0 Å². The van der Waals surface area contributed by atoms with Gasteiger partial charge >= 0.3 is 0 Å². The minimum Gasteiger partial charge on any atom is -0.372 e. The Kier molecular flexibility index (Phi) is 4.51. The van der Waals surface area contributed by atoms with Crippen LogP contribution in [0.4, 0.5) is 0 Å². The zero-order valence-corrected chi connectivity index (χ0v) is 10.8. The van der Waals surface area contributed by atoms with Crippen LogP contribution in [0.2, 0.25) is 0 Å². The fraction of sp³-hybridized carbons (Fsp3) is 0.643. The van der Waals surface area contributed by atoms with E-state index in [-0.39, 0.29) is 0 Å². The van der Waals surface area contributed by atoms with E-state index < -0.39 is 0 Å². The lowest BCUT2D eigenvalue weighted by Gasteiger charge is -2.28. The smallest absolute Gasteiger partial charge is 0.0891 e. The third-order valence-corrected chi connectivity index (χ3v) is 3.50. The summed E-state index contributed by atoms with van der Waals surface area (Å²) in [4.78, 5) is 4.45. The van der Waals surface area contributed by atoms with Gasteiger partial charge in [-0.05, 0) is 51.8 Å². The van der Waals surface area contributed by atoms with Gasteiger partial charge in [0.15, 0.2) is 0 Å². The van der Waals surface area contributed by atoms with Crippen molar-refractivity contribution in [2.45, 2.75) is 51.4 Å². The Morgan fingerprint density at radius 2 is 2.06 bits per heavy atom. The van der Waals surface area contributed by atoms with E-state index in [0.29, 0.717) is 18.8 Å². The molecular formula is C14H22N2O. The largest absolute Gasteiger partial charge is 0.372 e. The number of nitrogens with zero attached hydrogens (tertiary/aromatic N) is 1. The van der Waals surface area contributed by atoms with Crippen LogP contribution >= 0.6 is 0 Å². The number of hydrogen-bond donors (Lipinski definition) is 1. The van der Waals surface area contributed by atoms with E-state index in [1.54, 1.807) is 0 Å². The van der Waals surface area contributed by atoms with E-state index in [1.807, 2.05) is 32.2 Å². The van der Waals surface area contributed by atoms with Gasteiger partial charge in [-0.15, -0.1) is 0 Å². The summed E-state index contributed by atoms with van der Waals surface area (Å²) >= 11 is 0. The maximum absolute atomic E-state index is 5.93. The standard InChI is InChI=1S/C14H22N2O/c1-11-4-3-5-13(16-11)10-17-14-8-6-12(15-2)7-9-14/h3-5,12,14-15H,6-10H2,1-2H3. The molecule has 0 saturated heterocycles. The summed E-state index contributed by atoms with van der Waals surface area (Å²) in [5.41, 5.74) is 2.10. The van der Waals surface area contributed by atoms with Gasteiger partial charge in [0.1, 0.15) is 0 Å². The maximum Gasteiger partial charge on any atom is 0.0891 e. The Morgan fingerprint density at radius 3 is 2.71 bits per heavy atom. The van der Waals surface area contributed by atoms with Crippen LogP contribution in [0, 0.1) is 6.92 Å². The number of pyridine rings is 1. The van der Waals surface area contributed by atoms with Crippen molar-refractivity contribution in [2.24, 2.45) is 0 Å². The molecule has 3 nitrogen and oxygen atoms in total. The molecule has 1 fully saturated rings. The zero-order valence-electron chi connectivity index (χ0n) is 10.8. The van der Waals surface area contributed by atoms with Gasteiger partial charge in [0.25, 0.3) is 0 Å². The second kappa shape index (κ2) is 6.12. The first-order valence-corrected chi connectivity index (χ1v) is 6.49. The fourth-order valence-electron chi connectivity index (χ4n) is 2.40. The number of nitrogens with one attached hydrogen (secondary N) is 1. The molecule has 2 rings (SSSR count). The molecular weight excluding hydrogens is 212 g/mol. The number of aromatic nitrogens is 1. The highest BCUT2D eigenvalue weighted by Crippen LogP contribution is 2.21. The quantitative estimate of drug-likeness (QED) is 0.869. The predicted molar refractivity (Wildman–Crippen MR) is 68.9 cm³/mol. The molecule has 0 aliphatic heterocycles. The summed E-state index contributed by atoms with van der Waals surface area (Å²) < 4.78 is 5.93. The van der Waals surface area contributed by atoms with Crippen LogP contribution < -0.4 is 5.32 Å². The molecule has 94 valence electrons. The molecule has 1 saturated carbocycles. The van der Waals surface area contributed by atoms with Gasteiger partial charge in [0, 0.05) is 11.7 Å². The van der Waals surface area contributed by atoms with Crippen molar-refractivity contribution in [1.82, 2.24) is 10.3 Å². The molecule has 0 atom stereocenters. The van der Waals surface area contributed by atoms with Gasteiger partial charge < -0.3 is 10.1 Å². The summed E-state index contributed by atoms with van der Waals surface area (Å²) in [6.07, 6.45) is 5.20. The number of rotatable bonds is 4. The summed E-state index contributed by atoms with van der Waals surface area (Å²) in [7, 11) is 2.04. The van der Waals surface area contributed by atoms with Crippen molar-refractivity contribution >= 4 is 0 Å². The summed E-state index contributed by atoms with van der Waals surface area (Å²) in [6, 6.07) is 6.78. The summed E-state index contributed by atoms with van der Waals surface area (Å²) in [5, 5.41) is 3.34. The van der Waals surface area contributed by atoms with E-state index in [1.165, 1.54) is 12.8 Å². The minimum absolute atomic E-state index is 0.418. The zero-order chi connectivity index (χ0) is 12.1. The van der Waals surface area contributed by atoms with Crippen LogP contribution in [-0.2, 0) is 11.3 Å². The van der Waals surface area contributed by atoms with Gasteiger partial charge in [-0.25, -0.2) is 0 Å². The monoisotopic (exact) mass is 234 g/mol. The van der Waals surface area contributed by atoms with Crippen LogP contribution in [0.15, 0.2) is 18.2 Å². The van der Waals surface area contributed by atoms with Crippen LogP contribution in [0.1, 0.15) is 37.1 Å². The summed E-state index contributed by atoms with van der Waals surface area (Å²) in [5.74, 6) is 0. The lowest BCUT2D eigenvalue weighted by Crippen LogP contribution is -2.32. The molecule has 17 heavy (non-hydrogen) atoms. The topological polar surface area (TPSA) is 34.1 Å². The third kappa shape index (κ3) is 3.79. The Balaban J connectivity index is 1.76. The van der Waals surface area contributed by atoms with Crippen molar-refractivity contribution in [3.8, 4) is 0 Å². The predicted octanol–water partition coefficient (Wildman–Crippen LogP) is 2.44. The lowest BCUT2D eigenvalue weighted by molar-refractivity contribution is 0.0103. The SMILES string of the molecule is CNC1CCC(OCc2cccc(C)n2)CC1. The Morgan fingerprint density at radius 1 is 1.29 bits per heavy atom. The minimum atomic E-state index is 0.418. The normalized spacial score (nSPS) is 24.8. The van der Waals surface area contributed by atoms with Crippen molar-refractivity contribution in [3.63, 3.8) is 0 Å². The molecule has 1 aliphatic rings. The molecule has 3 heteroatoms. The molecule has 0 unspecified atom stereocenters.